The molecule has 1 unspecified atom stereocenters. The van der Waals surface area contributed by atoms with Gasteiger partial charge < -0.3 is 5.32 Å². The lowest BCUT2D eigenvalue weighted by molar-refractivity contribution is 0.574. The predicted octanol–water partition coefficient (Wildman–Crippen LogP) is 3.11. The van der Waals surface area contributed by atoms with Gasteiger partial charge in [-0.2, -0.15) is 0 Å². The molecule has 3 aromatic rings. The molecule has 0 amide bonds. The highest BCUT2D eigenvalue weighted by Gasteiger charge is 2.18. The van der Waals surface area contributed by atoms with Crippen LogP contribution in [0.3, 0.4) is 0 Å². The minimum Gasteiger partial charge on any atom is -0.304 e. The summed E-state index contributed by atoms with van der Waals surface area (Å²) in [4.78, 5) is 13.1. The Morgan fingerprint density at radius 2 is 1.90 bits per heavy atom. The molecule has 0 aliphatic rings. The zero-order valence-electron chi connectivity index (χ0n) is 12.0. The Balaban J connectivity index is 2.10. The van der Waals surface area contributed by atoms with Gasteiger partial charge in [-0.15, -0.1) is 0 Å². The monoisotopic (exact) mass is 278 g/mol. The number of nitrogens with zero attached hydrogens (tertiary/aromatic N) is 3. The van der Waals surface area contributed by atoms with Crippen molar-refractivity contribution in [1.29, 1.82) is 0 Å². The van der Waals surface area contributed by atoms with Gasteiger partial charge in [0.15, 0.2) is 0 Å². The van der Waals surface area contributed by atoms with Crippen molar-refractivity contribution in [2.45, 2.75) is 19.4 Å². The van der Waals surface area contributed by atoms with Crippen LogP contribution in [0.25, 0.3) is 10.8 Å². The minimum absolute atomic E-state index is 0.0148. The standard InChI is InChI=1S/C17H18N4/c1-2-8-19-16(17-20-9-4-10-21-17)14-6-3-5-13-7-11-18-12-15(13)14/h3-7,9-12,16,19H,2,8H2,1H3. The molecule has 4 nitrogen and oxygen atoms in total. The zero-order valence-corrected chi connectivity index (χ0v) is 12.0. The molecule has 21 heavy (non-hydrogen) atoms. The Morgan fingerprint density at radius 3 is 2.71 bits per heavy atom. The van der Waals surface area contributed by atoms with E-state index in [4.69, 9.17) is 0 Å². The van der Waals surface area contributed by atoms with Gasteiger partial charge in [0.05, 0.1) is 6.04 Å². The quantitative estimate of drug-likeness (QED) is 0.779. The zero-order chi connectivity index (χ0) is 14.5. The maximum atomic E-state index is 4.42. The smallest absolute Gasteiger partial charge is 0.149 e. The van der Waals surface area contributed by atoms with Crippen LogP contribution in [0.4, 0.5) is 0 Å². The summed E-state index contributed by atoms with van der Waals surface area (Å²) in [5.74, 6) is 0.794. The maximum absolute atomic E-state index is 4.42. The highest BCUT2D eigenvalue weighted by atomic mass is 15.0. The molecule has 4 heteroatoms. The molecule has 1 atom stereocenters. The van der Waals surface area contributed by atoms with Crippen LogP contribution in [-0.4, -0.2) is 21.5 Å². The van der Waals surface area contributed by atoms with Crippen molar-refractivity contribution in [3.8, 4) is 0 Å². The Labute approximate surface area is 124 Å². The van der Waals surface area contributed by atoms with E-state index in [1.54, 1.807) is 12.4 Å². The number of rotatable bonds is 5. The van der Waals surface area contributed by atoms with Crippen LogP contribution in [0.2, 0.25) is 0 Å². The molecule has 0 bridgehead atoms. The van der Waals surface area contributed by atoms with Crippen LogP contribution >= 0.6 is 0 Å². The molecule has 0 aliphatic carbocycles. The van der Waals surface area contributed by atoms with Crippen molar-refractivity contribution in [3.63, 3.8) is 0 Å². The second kappa shape index (κ2) is 6.41. The fourth-order valence-corrected chi connectivity index (χ4v) is 2.48. The van der Waals surface area contributed by atoms with E-state index in [9.17, 15) is 0 Å². The van der Waals surface area contributed by atoms with Crippen molar-refractivity contribution in [2.24, 2.45) is 0 Å². The van der Waals surface area contributed by atoms with Crippen LogP contribution < -0.4 is 5.32 Å². The number of hydrogen-bond acceptors (Lipinski definition) is 4. The van der Waals surface area contributed by atoms with E-state index in [-0.39, 0.29) is 6.04 Å². The van der Waals surface area contributed by atoms with Crippen molar-refractivity contribution in [2.75, 3.05) is 6.54 Å². The largest absolute Gasteiger partial charge is 0.304 e. The molecular weight excluding hydrogens is 260 g/mol. The van der Waals surface area contributed by atoms with E-state index >= 15 is 0 Å². The Hall–Kier alpha value is -2.33. The molecule has 1 N–H and O–H groups in total. The molecule has 0 aliphatic heterocycles. The van der Waals surface area contributed by atoms with Crippen LogP contribution in [0.5, 0.6) is 0 Å². The lowest BCUT2D eigenvalue weighted by Crippen LogP contribution is -2.25. The average molecular weight is 278 g/mol. The van der Waals surface area contributed by atoms with E-state index in [0.29, 0.717) is 0 Å². The van der Waals surface area contributed by atoms with Crippen molar-refractivity contribution < 1.29 is 0 Å². The summed E-state index contributed by atoms with van der Waals surface area (Å²) in [7, 11) is 0. The molecule has 0 fully saturated rings. The highest BCUT2D eigenvalue weighted by molar-refractivity contribution is 5.85. The molecule has 0 radical (unpaired) electrons. The Kier molecular flexibility index (Phi) is 4.17. The van der Waals surface area contributed by atoms with Gasteiger partial charge in [0.25, 0.3) is 0 Å². The van der Waals surface area contributed by atoms with Crippen LogP contribution in [0, 0.1) is 0 Å². The fourth-order valence-electron chi connectivity index (χ4n) is 2.48. The summed E-state index contributed by atoms with van der Waals surface area (Å²) in [6.45, 7) is 3.07. The van der Waals surface area contributed by atoms with Crippen LogP contribution in [-0.2, 0) is 0 Å². The first-order valence-electron chi connectivity index (χ1n) is 7.23. The van der Waals surface area contributed by atoms with Gasteiger partial charge in [-0.05, 0) is 36.0 Å². The van der Waals surface area contributed by atoms with Crippen molar-refractivity contribution in [1.82, 2.24) is 20.3 Å². The number of pyridine rings is 1. The molecule has 0 saturated heterocycles. The van der Waals surface area contributed by atoms with E-state index in [2.05, 4.69) is 45.4 Å². The number of benzene rings is 1. The summed E-state index contributed by atoms with van der Waals surface area (Å²) in [6, 6.07) is 10.1. The average Bonchev–Trinajstić information content (AvgIpc) is 2.56. The normalized spacial score (nSPS) is 12.4. The first-order chi connectivity index (χ1) is 10.4. The highest BCUT2D eigenvalue weighted by Crippen LogP contribution is 2.26. The number of fused-ring (bicyclic) bond motifs is 1. The SMILES string of the molecule is CCCNC(c1ncccn1)c1cccc2ccncc12. The lowest BCUT2D eigenvalue weighted by atomic mass is 9.99. The first kappa shape index (κ1) is 13.6. The van der Waals surface area contributed by atoms with Gasteiger partial charge in [0.2, 0.25) is 0 Å². The summed E-state index contributed by atoms with van der Waals surface area (Å²) in [6.07, 6.45) is 8.36. The molecule has 2 aromatic heterocycles. The van der Waals surface area contributed by atoms with Gasteiger partial charge in [-0.1, -0.05) is 25.1 Å². The van der Waals surface area contributed by atoms with Gasteiger partial charge in [0.1, 0.15) is 5.82 Å². The third kappa shape index (κ3) is 2.90. The Bertz CT molecular complexity index is 707. The van der Waals surface area contributed by atoms with Crippen molar-refractivity contribution in [3.05, 3.63) is 66.5 Å². The van der Waals surface area contributed by atoms with Crippen LogP contribution in [0.1, 0.15) is 30.8 Å². The van der Waals surface area contributed by atoms with E-state index in [1.807, 2.05) is 24.5 Å². The van der Waals surface area contributed by atoms with Crippen LogP contribution in [0.15, 0.2) is 55.1 Å². The second-order valence-corrected chi connectivity index (χ2v) is 4.94. The lowest BCUT2D eigenvalue weighted by Gasteiger charge is -2.19. The molecule has 2 heterocycles. The van der Waals surface area contributed by atoms with E-state index < -0.39 is 0 Å². The number of hydrogen-bond donors (Lipinski definition) is 1. The summed E-state index contributed by atoms with van der Waals surface area (Å²) in [5.41, 5.74) is 1.17. The van der Waals surface area contributed by atoms with Gasteiger partial charge in [-0.3, -0.25) is 4.98 Å². The third-order valence-corrected chi connectivity index (χ3v) is 3.47. The van der Waals surface area contributed by atoms with E-state index in [0.717, 1.165) is 24.2 Å². The minimum atomic E-state index is -0.0148. The summed E-state index contributed by atoms with van der Waals surface area (Å²) in [5, 5.41) is 5.86. The predicted molar refractivity (Wildman–Crippen MR) is 83.9 cm³/mol. The number of aromatic nitrogens is 3. The summed E-state index contributed by atoms with van der Waals surface area (Å²) < 4.78 is 0. The van der Waals surface area contributed by atoms with Gasteiger partial charge in [0, 0.05) is 30.2 Å². The second-order valence-electron chi connectivity index (χ2n) is 4.94. The Morgan fingerprint density at radius 1 is 1.05 bits per heavy atom. The molecule has 0 spiro atoms. The van der Waals surface area contributed by atoms with E-state index in [1.165, 1.54) is 10.9 Å². The molecule has 3 rings (SSSR count). The van der Waals surface area contributed by atoms with Gasteiger partial charge in [-0.25, -0.2) is 9.97 Å². The third-order valence-electron chi connectivity index (χ3n) is 3.47. The first-order valence-corrected chi connectivity index (χ1v) is 7.23. The fraction of sp³-hybridized carbons (Fsp3) is 0.235. The maximum Gasteiger partial charge on any atom is 0.149 e. The summed E-state index contributed by atoms with van der Waals surface area (Å²) >= 11 is 0. The van der Waals surface area contributed by atoms with Crippen molar-refractivity contribution >= 4 is 10.8 Å². The molecule has 0 saturated carbocycles. The topological polar surface area (TPSA) is 50.7 Å². The molecular formula is C17H18N4. The molecule has 1 aromatic carbocycles. The number of nitrogens with one attached hydrogen (secondary N) is 1. The van der Waals surface area contributed by atoms with Gasteiger partial charge >= 0.3 is 0 Å². The molecule has 106 valence electrons.